The van der Waals surface area contributed by atoms with Crippen molar-refractivity contribution in [2.45, 2.75) is 79.1 Å². The lowest BCUT2D eigenvalue weighted by Crippen LogP contribution is -2.18. The molecule has 1 aliphatic carbocycles. The van der Waals surface area contributed by atoms with Crippen molar-refractivity contribution in [3.8, 4) is 0 Å². The first kappa shape index (κ1) is 40.2. The summed E-state index contributed by atoms with van der Waals surface area (Å²) in [5.41, 5.74) is 15.1. The lowest BCUT2D eigenvalue weighted by Gasteiger charge is -2.31. The number of anilines is 5. The van der Waals surface area contributed by atoms with Gasteiger partial charge in [-0.25, -0.2) is 0 Å². The molecule has 0 aliphatic heterocycles. The van der Waals surface area contributed by atoms with E-state index in [0.29, 0.717) is 0 Å². The minimum Gasteiger partial charge on any atom is -0.454 e. The third kappa shape index (κ3) is 6.04. The first-order valence-electron chi connectivity index (χ1n) is 23.5. The van der Waals surface area contributed by atoms with E-state index in [4.69, 9.17) is 8.83 Å². The molecule has 1 aliphatic rings. The number of rotatable bonds is 6. The Labute approximate surface area is 386 Å². The second kappa shape index (κ2) is 14.6. The largest absolute Gasteiger partial charge is 0.454 e. The highest BCUT2D eigenvalue weighted by Crippen LogP contribution is 2.51. The molecule has 324 valence electrons. The van der Waals surface area contributed by atoms with Crippen LogP contribution < -0.4 is 9.80 Å². The molecule has 0 spiro atoms. The fraction of sp³-hybridized carbons (Fsp3) is 0.194. The Morgan fingerprint density at radius 3 is 1.38 bits per heavy atom. The van der Waals surface area contributed by atoms with E-state index in [1.165, 1.54) is 60.3 Å². The highest BCUT2D eigenvalue weighted by molar-refractivity contribution is 6.28. The van der Waals surface area contributed by atoms with Gasteiger partial charge in [0.15, 0.2) is 11.2 Å². The molecule has 0 amide bonds. The second-order valence-electron chi connectivity index (χ2n) is 20.5. The molecule has 12 rings (SSSR count). The van der Waals surface area contributed by atoms with Crippen LogP contribution in [0.2, 0.25) is 0 Å². The van der Waals surface area contributed by atoms with E-state index in [-0.39, 0.29) is 10.8 Å². The van der Waals surface area contributed by atoms with Crippen molar-refractivity contribution in [1.82, 2.24) is 0 Å². The van der Waals surface area contributed by atoms with Crippen molar-refractivity contribution in [3.05, 3.63) is 186 Å². The second-order valence-corrected chi connectivity index (χ2v) is 20.5. The van der Waals surface area contributed by atoms with Crippen LogP contribution in [0.15, 0.2) is 178 Å². The van der Waals surface area contributed by atoms with Gasteiger partial charge in [-0.2, -0.15) is 0 Å². The van der Waals surface area contributed by atoms with Gasteiger partial charge in [-0.1, -0.05) is 163 Å². The lowest BCUT2D eigenvalue weighted by molar-refractivity contribution is 0.572. The van der Waals surface area contributed by atoms with Gasteiger partial charge in [-0.3, -0.25) is 0 Å². The van der Waals surface area contributed by atoms with Crippen molar-refractivity contribution in [2.75, 3.05) is 9.80 Å². The fourth-order valence-corrected chi connectivity index (χ4v) is 10.9. The molecule has 0 saturated heterocycles. The molecule has 2 aromatic heterocycles. The predicted molar refractivity (Wildman–Crippen MR) is 281 cm³/mol. The summed E-state index contributed by atoms with van der Waals surface area (Å²) in [5.74, 6) is 0. The zero-order valence-corrected chi connectivity index (χ0v) is 39.1. The number of aryl methyl sites for hydroxylation is 1. The van der Waals surface area contributed by atoms with Crippen LogP contribution in [0.3, 0.4) is 0 Å². The Hall–Kier alpha value is -7.30. The first-order chi connectivity index (χ1) is 31.9. The van der Waals surface area contributed by atoms with E-state index < -0.39 is 0 Å². The maximum atomic E-state index is 7.10. The van der Waals surface area contributed by atoms with Crippen molar-refractivity contribution < 1.29 is 8.83 Å². The summed E-state index contributed by atoms with van der Waals surface area (Å²) < 4.78 is 14.2. The topological polar surface area (TPSA) is 32.8 Å². The Balaban J connectivity index is 1.13. The van der Waals surface area contributed by atoms with Gasteiger partial charge < -0.3 is 18.6 Å². The van der Waals surface area contributed by atoms with E-state index in [2.05, 4.69) is 223 Å². The molecule has 0 saturated carbocycles. The SMILES string of the molecule is CC1=C(N(c2ccc3ccc4c(N(c5ccccc5C)c5cccc6c5oc5c(C(C)(C)C)cccc56)ccc5ccc2c3c54)c2cccc3c2oc2c(C(C)(C)C)cccc23)C=CCC1. The van der Waals surface area contributed by atoms with Crippen LogP contribution in [0.4, 0.5) is 28.4 Å². The van der Waals surface area contributed by atoms with Gasteiger partial charge in [0.05, 0.1) is 22.7 Å². The van der Waals surface area contributed by atoms with Crippen LogP contribution in [-0.4, -0.2) is 0 Å². The number of benzene rings is 9. The zero-order chi connectivity index (χ0) is 45.2. The zero-order valence-electron chi connectivity index (χ0n) is 39.1. The third-order valence-corrected chi connectivity index (χ3v) is 14.2. The summed E-state index contributed by atoms with van der Waals surface area (Å²) in [5, 5.41) is 11.8. The molecule has 0 fully saturated rings. The molecular formula is C62H54N2O2. The van der Waals surface area contributed by atoms with Gasteiger partial charge in [-0.05, 0) is 107 Å². The molecule has 0 bridgehead atoms. The van der Waals surface area contributed by atoms with E-state index in [1.807, 2.05) is 0 Å². The third-order valence-electron chi connectivity index (χ3n) is 14.2. The summed E-state index contributed by atoms with van der Waals surface area (Å²) >= 11 is 0. The number of furan rings is 2. The van der Waals surface area contributed by atoms with Gasteiger partial charge >= 0.3 is 0 Å². The molecule has 4 nitrogen and oxygen atoms in total. The summed E-state index contributed by atoms with van der Waals surface area (Å²) in [4.78, 5) is 4.91. The van der Waals surface area contributed by atoms with E-state index in [9.17, 15) is 0 Å². The predicted octanol–water partition coefficient (Wildman–Crippen LogP) is 18.5. The van der Waals surface area contributed by atoms with Gasteiger partial charge in [0.25, 0.3) is 0 Å². The van der Waals surface area contributed by atoms with Crippen LogP contribution >= 0.6 is 0 Å². The molecule has 0 N–H and O–H groups in total. The molecule has 2 heterocycles. The molecule has 0 radical (unpaired) electrons. The van der Waals surface area contributed by atoms with Crippen LogP contribution in [-0.2, 0) is 10.8 Å². The Morgan fingerprint density at radius 1 is 0.409 bits per heavy atom. The van der Waals surface area contributed by atoms with Crippen molar-refractivity contribution >= 4 is 105 Å². The van der Waals surface area contributed by atoms with Gasteiger partial charge in [-0.15, -0.1) is 0 Å². The smallest absolute Gasteiger partial charge is 0.159 e. The molecule has 0 atom stereocenters. The lowest BCUT2D eigenvalue weighted by atomic mass is 9.86. The van der Waals surface area contributed by atoms with Crippen molar-refractivity contribution in [2.24, 2.45) is 0 Å². The van der Waals surface area contributed by atoms with Crippen LogP contribution in [0, 0.1) is 6.92 Å². The Kier molecular flexibility index (Phi) is 8.90. The van der Waals surface area contributed by atoms with E-state index in [0.717, 1.165) is 85.2 Å². The maximum absolute atomic E-state index is 7.10. The summed E-state index contributed by atoms with van der Waals surface area (Å²) in [7, 11) is 0. The normalized spacial score (nSPS) is 13.8. The molecular weight excluding hydrogens is 805 g/mol. The quantitative estimate of drug-likeness (QED) is 0.156. The Bertz CT molecular complexity index is 3820. The number of hydrogen-bond donors (Lipinski definition) is 0. The van der Waals surface area contributed by atoms with Gasteiger partial charge in [0.1, 0.15) is 11.2 Å². The molecule has 11 aromatic rings. The highest BCUT2D eigenvalue weighted by Gasteiger charge is 2.29. The monoisotopic (exact) mass is 858 g/mol. The minimum atomic E-state index is -0.0827. The number of para-hydroxylation sites is 5. The van der Waals surface area contributed by atoms with Crippen LogP contribution in [0.5, 0.6) is 0 Å². The van der Waals surface area contributed by atoms with Gasteiger partial charge in [0, 0.05) is 54.8 Å². The molecule has 66 heavy (non-hydrogen) atoms. The highest BCUT2D eigenvalue weighted by atomic mass is 16.3. The average molecular weight is 859 g/mol. The average Bonchev–Trinajstić information content (AvgIpc) is 3.89. The molecule has 9 aromatic carbocycles. The van der Waals surface area contributed by atoms with Crippen molar-refractivity contribution in [3.63, 3.8) is 0 Å². The summed E-state index contributed by atoms with van der Waals surface area (Å²) in [6.07, 6.45) is 6.68. The van der Waals surface area contributed by atoms with Crippen molar-refractivity contribution in [1.29, 1.82) is 0 Å². The first-order valence-corrected chi connectivity index (χ1v) is 23.5. The fourth-order valence-electron chi connectivity index (χ4n) is 10.9. The number of nitrogens with zero attached hydrogens (tertiary/aromatic N) is 2. The maximum Gasteiger partial charge on any atom is 0.159 e. The van der Waals surface area contributed by atoms with Gasteiger partial charge in [0.2, 0.25) is 0 Å². The van der Waals surface area contributed by atoms with E-state index >= 15 is 0 Å². The molecule has 0 unspecified atom stereocenters. The molecule has 4 heteroatoms. The number of hydrogen-bond acceptors (Lipinski definition) is 4. The minimum absolute atomic E-state index is 0.0768. The van der Waals surface area contributed by atoms with Crippen LogP contribution in [0.25, 0.3) is 76.2 Å². The summed E-state index contributed by atoms with van der Waals surface area (Å²) in [6, 6.07) is 53.7. The standard InChI is InChI=1S/C62H54N2O2/c1-37-17-9-11-25-49(37)63(53-27-15-21-43-41-19-13-23-47(61(3,4)5)57(41)65-59(43)53)51-35-31-39-30-34-46-52(36-32-40-29-33-45(51)55(39)56(40)46)64(50-26-12-10-18-38(50)2)54-28-16-22-44-42-20-14-24-48(62(6,7)8)58(42)66-60(44)54/h9,11-17,19-36H,10,18H2,1-8H3. The van der Waals surface area contributed by atoms with E-state index in [1.54, 1.807) is 0 Å². The number of allylic oxidation sites excluding steroid dienone is 3. The summed E-state index contributed by atoms with van der Waals surface area (Å²) in [6.45, 7) is 18.1. The number of fused-ring (bicyclic) bond motifs is 6. The van der Waals surface area contributed by atoms with Crippen LogP contribution in [0.1, 0.15) is 78.0 Å². The Morgan fingerprint density at radius 2 is 0.864 bits per heavy atom.